The van der Waals surface area contributed by atoms with E-state index in [0.717, 1.165) is 11.3 Å². The maximum atomic E-state index is 6.37. The van der Waals surface area contributed by atoms with Crippen molar-refractivity contribution in [1.29, 1.82) is 0 Å². The second-order valence-corrected chi connectivity index (χ2v) is 7.49. The summed E-state index contributed by atoms with van der Waals surface area (Å²) in [4.78, 5) is 4.75. The summed E-state index contributed by atoms with van der Waals surface area (Å²) >= 11 is 6.37. The number of benzene rings is 1. The molecule has 0 radical (unpaired) electrons. The van der Waals surface area contributed by atoms with Gasteiger partial charge in [0.2, 0.25) is 0 Å². The van der Waals surface area contributed by atoms with Crippen molar-refractivity contribution in [3.63, 3.8) is 0 Å². The van der Waals surface area contributed by atoms with Crippen LogP contribution in [0.2, 0.25) is 0 Å². The van der Waals surface area contributed by atoms with Crippen molar-refractivity contribution < 1.29 is 0 Å². The van der Waals surface area contributed by atoms with Crippen molar-refractivity contribution in [3.8, 4) is 0 Å². The van der Waals surface area contributed by atoms with Crippen molar-refractivity contribution in [3.05, 3.63) is 30.1 Å². The fourth-order valence-electron chi connectivity index (χ4n) is 3.37. The van der Waals surface area contributed by atoms with E-state index in [0.29, 0.717) is 11.5 Å². The van der Waals surface area contributed by atoms with E-state index in [-0.39, 0.29) is 5.38 Å². The van der Waals surface area contributed by atoms with Gasteiger partial charge in [-0.1, -0.05) is 26.0 Å². The van der Waals surface area contributed by atoms with E-state index in [1.807, 2.05) is 13.0 Å². The van der Waals surface area contributed by atoms with Gasteiger partial charge in [-0.15, -0.1) is 11.6 Å². The summed E-state index contributed by atoms with van der Waals surface area (Å²) in [7, 11) is 0. The predicted molar refractivity (Wildman–Crippen MR) is 85.3 cm³/mol. The Hall–Kier alpha value is -1.02. The largest absolute Gasteiger partial charge is 0.324 e. The van der Waals surface area contributed by atoms with E-state index in [2.05, 4.69) is 36.6 Å². The third kappa shape index (κ3) is 2.46. The Morgan fingerprint density at radius 3 is 2.55 bits per heavy atom. The molecule has 1 heterocycles. The summed E-state index contributed by atoms with van der Waals surface area (Å²) in [5, 5.41) is -0.0441. The molecule has 3 rings (SSSR count). The van der Waals surface area contributed by atoms with Crippen LogP contribution in [0, 0.1) is 5.41 Å². The van der Waals surface area contributed by atoms with E-state index < -0.39 is 0 Å². The minimum atomic E-state index is -0.0441. The number of para-hydroxylation sites is 2. The Bertz CT molecular complexity index is 602. The molecule has 0 amide bonds. The summed E-state index contributed by atoms with van der Waals surface area (Å²) < 4.78 is 2.41. The topological polar surface area (TPSA) is 17.8 Å². The first kappa shape index (κ1) is 13.9. The molecule has 1 saturated carbocycles. The van der Waals surface area contributed by atoms with E-state index in [9.17, 15) is 0 Å². The molecule has 0 spiro atoms. The highest BCUT2D eigenvalue weighted by atomic mass is 35.5. The Morgan fingerprint density at radius 2 is 1.90 bits per heavy atom. The van der Waals surface area contributed by atoms with Gasteiger partial charge in [-0.2, -0.15) is 0 Å². The van der Waals surface area contributed by atoms with Crippen LogP contribution in [-0.4, -0.2) is 9.55 Å². The van der Waals surface area contributed by atoms with Gasteiger partial charge in [-0.3, -0.25) is 0 Å². The van der Waals surface area contributed by atoms with Gasteiger partial charge < -0.3 is 4.57 Å². The number of aromatic nitrogens is 2. The third-order valence-electron chi connectivity index (χ3n) is 4.65. The number of hydrogen-bond acceptors (Lipinski definition) is 1. The highest BCUT2D eigenvalue weighted by molar-refractivity contribution is 6.20. The van der Waals surface area contributed by atoms with Gasteiger partial charge in [-0.05, 0) is 50.2 Å². The van der Waals surface area contributed by atoms with Crippen molar-refractivity contribution in [1.82, 2.24) is 9.55 Å². The number of alkyl halides is 1. The average molecular weight is 291 g/mol. The van der Waals surface area contributed by atoms with Crippen molar-refractivity contribution >= 4 is 22.6 Å². The molecular weight excluding hydrogens is 268 g/mol. The molecule has 0 aliphatic heterocycles. The van der Waals surface area contributed by atoms with Crippen molar-refractivity contribution in [2.45, 2.75) is 57.9 Å². The zero-order valence-electron chi connectivity index (χ0n) is 12.6. The number of nitrogens with zero attached hydrogens (tertiary/aromatic N) is 2. The number of rotatable bonds is 2. The van der Waals surface area contributed by atoms with Crippen molar-refractivity contribution in [2.24, 2.45) is 5.41 Å². The Kier molecular flexibility index (Phi) is 3.53. The van der Waals surface area contributed by atoms with E-state index >= 15 is 0 Å². The van der Waals surface area contributed by atoms with Gasteiger partial charge in [-0.25, -0.2) is 4.98 Å². The molecule has 2 aromatic rings. The lowest BCUT2D eigenvalue weighted by Gasteiger charge is -2.36. The van der Waals surface area contributed by atoms with Crippen LogP contribution in [0.3, 0.4) is 0 Å². The maximum Gasteiger partial charge on any atom is 0.127 e. The third-order valence-corrected chi connectivity index (χ3v) is 4.85. The molecule has 0 N–H and O–H groups in total. The second-order valence-electron chi connectivity index (χ2n) is 6.84. The highest BCUT2D eigenvalue weighted by Crippen LogP contribution is 2.42. The molecular formula is C17H23ClN2. The minimum Gasteiger partial charge on any atom is -0.324 e. The van der Waals surface area contributed by atoms with Crippen LogP contribution in [-0.2, 0) is 0 Å². The number of fused-ring (bicyclic) bond motifs is 1. The molecule has 3 heteroatoms. The van der Waals surface area contributed by atoms with Crippen molar-refractivity contribution in [2.75, 3.05) is 0 Å². The monoisotopic (exact) mass is 290 g/mol. The molecule has 1 atom stereocenters. The van der Waals surface area contributed by atoms with E-state index in [1.165, 1.54) is 31.2 Å². The van der Waals surface area contributed by atoms with Gasteiger partial charge in [0, 0.05) is 6.04 Å². The lowest BCUT2D eigenvalue weighted by atomic mass is 9.75. The molecule has 2 nitrogen and oxygen atoms in total. The Labute approximate surface area is 126 Å². The smallest absolute Gasteiger partial charge is 0.127 e. The van der Waals surface area contributed by atoms with Crippen LogP contribution >= 0.6 is 11.6 Å². The first-order chi connectivity index (χ1) is 9.48. The standard InChI is InChI=1S/C17H23ClN2/c1-12(18)16-19-14-6-4-5-7-15(14)20(16)13-8-10-17(2,3)11-9-13/h4-7,12-13H,8-11H2,1-3H3. The van der Waals surface area contributed by atoms with Gasteiger partial charge >= 0.3 is 0 Å². The normalized spacial score (nSPS) is 21.2. The summed E-state index contributed by atoms with van der Waals surface area (Å²) in [6, 6.07) is 8.95. The SMILES string of the molecule is CC(Cl)c1nc2ccccc2n1C1CCC(C)(C)CC1. The average Bonchev–Trinajstić information content (AvgIpc) is 2.78. The lowest BCUT2D eigenvalue weighted by Crippen LogP contribution is -2.24. The van der Waals surface area contributed by atoms with Gasteiger partial charge in [0.15, 0.2) is 0 Å². The van der Waals surface area contributed by atoms with Crippen LogP contribution in [0.25, 0.3) is 11.0 Å². The van der Waals surface area contributed by atoms with E-state index in [1.54, 1.807) is 0 Å². The number of hydrogen-bond donors (Lipinski definition) is 0. The Balaban J connectivity index is 2.03. The highest BCUT2D eigenvalue weighted by Gasteiger charge is 2.30. The predicted octanol–water partition coefficient (Wildman–Crippen LogP) is 5.48. The lowest BCUT2D eigenvalue weighted by molar-refractivity contribution is 0.194. The Morgan fingerprint density at radius 1 is 1.25 bits per heavy atom. The van der Waals surface area contributed by atoms with E-state index in [4.69, 9.17) is 16.6 Å². The minimum absolute atomic E-state index is 0.0441. The quantitative estimate of drug-likeness (QED) is 0.670. The molecule has 1 aliphatic rings. The summed E-state index contributed by atoms with van der Waals surface area (Å²) in [6.07, 6.45) is 5.01. The van der Waals surface area contributed by atoms with Gasteiger partial charge in [0.05, 0.1) is 16.4 Å². The maximum absolute atomic E-state index is 6.37. The molecule has 1 unspecified atom stereocenters. The number of imidazole rings is 1. The van der Waals surface area contributed by atoms with Gasteiger partial charge in [0.1, 0.15) is 5.82 Å². The molecule has 0 saturated heterocycles. The summed E-state index contributed by atoms with van der Waals surface area (Å²) in [5.74, 6) is 1.03. The summed E-state index contributed by atoms with van der Waals surface area (Å²) in [6.45, 7) is 6.77. The molecule has 1 aliphatic carbocycles. The molecule has 20 heavy (non-hydrogen) atoms. The fraction of sp³-hybridized carbons (Fsp3) is 0.588. The second kappa shape index (κ2) is 5.07. The number of halogens is 1. The first-order valence-corrected chi connectivity index (χ1v) is 8.02. The van der Waals surface area contributed by atoms with Crippen LogP contribution < -0.4 is 0 Å². The van der Waals surface area contributed by atoms with Crippen LogP contribution in [0.15, 0.2) is 24.3 Å². The zero-order chi connectivity index (χ0) is 14.3. The summed E-state index contributed by atoms with van der Waals surface area (Å²) in [5.41, 5.74) is 2.79. The fourth-order valence-corrected chi connectivity index (χ4v) is 3.52. The van der Waals surface area contributed by atoms with Crippen LogP contribution in [0.1, 0.15) is 63.7 Å². The molecule has 1 fully saturated rings. The zero-order valence-corrected chi connectivity index (χ0v) is 13.3. The molecule has 0 bridgehead atoms. The van der Waals surface area contributed by atoms with Crippen LogP contribution in [0.5, 0.6) is 0 Å². The van der Waals surface area contributed by atoms with Crippen LogP contribution in [0.4, 0.5) is 0 Å². The molecule has 108 valence electrons. The first-order valence-electron chi connectivity index (χ1n) is 7.59. The molecule has 1 aromatic carbocycles. The van der Waals surface area contributed by atoms with Gasteiger partial charge in [0.25, 0.3) is 0 Å². The molecule has 1 aromatic heterocycles.